The Kier molecular flexibility index (Phi) is 22.2. The van der Waals surface area contributed by atoms with E-state index in [1.165, 1.54) is 0 Å². The van der Waals surface area contributed by atoms with Crippen LogP contribution < -0.4 is 0 Å². The Balaban J connectivity index is 6.24. The predicted molar refractivity (Wildman–Crippen MR) is 173 cm³/mol. The number of aliphatic carboxylic acids is 3. The van der Waals surface area contributed by atoms with E-state index in [1.807, 2.05) is 0 Å². The summed E-state index contributed by atoms with van der Waals surface area (Å²) in [6.07, 6.45) is 2.78. The Morgan fingerprint density at radius 1 is 0.585 bits per heavy atom. The lowest BCUT2D eigenvalue weighted by atomic mass is 10.0. The maximum absolute atomic E-state index is 12.3. The van der Waals surface area contributed by atoms with Gasteiger partial charge in [0.15, 0.2) is 18.3 Å². The standard InChI is InChI=1S/C28H53O9PS3/c1-19(2)13-7-10-16-22(25(29)30)35-28(41-38(39)40,36-23(26(31)32)17-11-8-14-20(3)4)37-24(27(33)34)18-12-9-15-21(5)6/h19-24,39-40H,7-18H2,1-6H3,(H,29,30)(H,31,32)(H,33,34). The summed E-state index contributed by atoms with van der Waals surface area (Å²) in [5, 5.41) is 27.7. The highest BCUT2D eigenvalue weighted by Gasteiger charge is 2.47. The summed E-state index contributed by atoms with van der Waals surface area (Å²) in [5.41, 5.74) is -1.56. The molecule has 0 saturated heterocycles. The first-order valence-corrected chi connectivity index (χ1v) is 19.7. The van der Waals surface area contributed by atoms with Crippen molar-refractivity contribution in [2.24, 2.45) is 17.8 Å². The predicted octanol–water partition coefficient (Wildman–Crippen LogP) is 8.48. The van der Waals surface area contributed by atoms with Gasteiger partial charge in [0.05, 0.1) is 5.53 Å². The molecule has 3 atom stereocenters. The van der Waals surface area contributed by atoms with Crippen molar-refractivity contribution in [3.8, 4) is 0 Å². The molecule has 0 radical (unpaired) electrons. The lowest BCUT2D eigenvalue weighted by molar-refractivity contribution is -0.353. The van der Waals surface area contributed by atoms with E-state index in [0.29, 0.717) is 37.0 Å². The number of carboxylic acids is 3. The smallest absolute Gasteiger partial charge is 0.345 e. The highest BCUT2D eigenvalue weighted by Crippen LogP contribution is 2.64. The van der Waals surface area contributed by atoms with Crippen LogP contribution in [-0.2, 0) is 28.6 Å². The minimum Gasteiger partial charge on any atom is -0.479 e. The number of unbranched alkanes of at least 4 members (excludes halogenated alkanes) is 3. The number of rotatable bonds is 26. The maximum atomic E-state index is 12.3. The summed E-state index contributed by atoms with van der Waals surface area (Å²) >= 11 is 9.45. The monoisotopic (exact) mass is 660 g/mol. The van der Waals surface area contributed by atoms with Gasteiger partial charge in [-0.05, 0) is 48.4 Å². The van der Waals surface area contributed by atoms with Crippen molar-refractivity contribution < 1.29 is 43.9 Å². The molecule has 0 bridgehead atoms. The Bertz CT molecular complexity index is 665. The zero-order valence-corrected chi connectivity index (χ0v) is 29.0. The Morgan fingerprint density at radius 3 is 1.02 bits per heavy atom. The van der Waals surface area contributed by atoms with Crippen molar-refractivity contribution in [2.75, 3.05) is 0 Å². The van der Waals surface area contributed by atoms with Crippen LogP contribution in [0.1, 0.15) is 119 Å². The van der Waals surface area contributed by atoms with Gasteiger partial charge >= 0.3 is 23.2 Å². The molecule has 3 unspecified atom stereocenters. The van der Waals surface area contributed by atoms with E-state index in [9.17, 15) is 29.7 Å². The summed E-state index contributed by atoms with van der Waals surface area (Å²) in [4.78, 5) is 36.8. The fraction of sp³-hybridized carbons (Fsp3) is 0.893. The summed E-state index contributed by atoms with van der Waals surface area (Å²) in [5.74, 6) is -2.46. The lowest BCUT2D eigenvalue weighted by Gasteiger charge is -2.38. The number of hydrogen-bond acceptors (Lipinski definition) is 9. The second-order valence-electron chi connectivity index (χ2n) is 11.7. The van der Waals surface area contributed by atoms with Crippen molar-refractivity contribution in [3.63, 3.8) is 0 Å². The van der Waals surface area contributed by atoms with Gasteiger partial charge in [-0.25, -0.2) is 14.4 Å². The van der Waals surface area contributed by atoms with Crippen molar-refractivity contribution in [1.29, 1.82) is 0 Å². The first kappa shape index (κ1) is 40.8. The third kappa shape index (κ3) is 20.4. The molecule has 0 spiro atoms. The van der Waals surface area contributed by atoms with Gasteiger partial charge in [0, 0.05) is 0 Å². The van der Waals surface area contributed by atoms with E-state index in [2.05, 4.69) is 66.0 Å². The second kappa shape index (κ2) is 22.3. The van der Waals surface area contributed by atoms with E-state index < -0.39 is 47.1 Å². The average molecular weight is 661 g/mol. The molecule has 0 aromatic heterocycles. The van der Waals surface area contributed by atoms with Gasteiger partial charge in [0.1, 0.15) is 0 Å². The van der Waals surface area contributed by atoms with E-state index in [-0.39, 0.29) is 19.3 Å². The Labute approximate surface area is 262 Å². The topological polar surface area (TPSA) is 140 Å². The molecule has 0 aliphatic rings. The van der Waals surface area contributed by atoms with Crippen LogP contribution in [0.4, 0.5) is 0 Å². The third-order valence-corrected chi connectivity index (χ3v) is 9.68. The highest BCUT2D eigenvalue weighted by atomic mass is 33.3. The fourth-order valence-corrected chi connectivity index (χ4v) is 7.58. The van der Waals surface area contributed by atoms with Crippen molar-refractivity contribution in [1.82, 2.24) is 0 Å². The SMILES string of the molecule is CC(C)CCCCC(OC(OC(CCCCC(C)C)C(=O)O)(OC(CCCCC(C)C)C(=O)O)SP(S)S)C(=O)O. The second-order valence-corrected chi connectivity index (χ2v) is 19.5. The van der Waals surface area contributed by atoms with Gasteiger partial charge in [-0.15, -0.1) is 24.5 Å². The molecule has 41 heavy (non-hydrogen) atoms. The van der Waals surface area contributed by atoms with E-state index in [4.69, 9.17) is 14.2 Å². The minimum atomic E-state index is -2.35. The highest BCUT2D eigenvalue weighted by molar-refractivity contribution is 9.06. The minimum absolute atomic E-state index is 0.117. The Hall–Kier alpha value is -0.230. The molecule has 0 saturated carbocycles. The van der Waals surface area contributed by atoms with Crippen LogP contribution in [-0.4, -0.2) is 56.8 Å². The molecule has 0 aromatic rings. The van der Waals surface area contributed by atoms with E-state index in [0.717, 1.165) is 49.9 Å². The van der Waals surface area contributed by atoms with Crippen LogP contribution in [0.2, 0.25) is 0 Å². The quantitative estimate of drug-likeness (QED) is 0.0266. The van der Waals surface area contributed by atoms with Gasteiger partial charge in [-0.2, -0.15) is 0 Å². The number of carboxylic acid groups (broad SMARTS) is 3. The van der Waals surface area contributed by atoms with Gasteiger partial charge in [0.2, 0.25) is 0 Å². The van der Waals surface area contributed by atoms with Crippen molar-refractivity contribution in [2.45, 2.75) is 142 Å². The zero-order valence-electron chi connectivity index (χ0n) is 25.5. The largest absolute Gasteiger partial charge is 0.479 e. The summed E-state index contributed by atoms with van der Waals surface area (Å²) in [7, 11) is 0. The first-order valence-electron chi connectivity index (χ1n) is 14.7. The average Bonchev–Trinajstić information content (AvgIpc) is 2.83. The number of carbonyl (C=O) groups is 3. The molecular formula is C28H53O9PS3. The van der Waals surface area contributed by atoms with Gasteiger partial charge < -0.3 is 29.5 Å². The van der Waals surface area contributed by atoms with Crippen LogP contribution in [0.15, 0.2) is 0 Å². The molecular weight excluding hydrogens is 607 g/mol. The zero-order chi connectivity index (χ0) is 31.6. The molecule has 0 aromatic carbocycles. The van der Waals surface area contributed by atoms with E-state index in [1.54, 1.807) is 0 Å². The molecule has 0 fully saturated rings. The molecule has 3 N–H and O–H groups in total. The van der Waals surface area contributed by atoms with Crippen LogP contribution in [0.25, 0.3) is 0 Å². The molecule has 0 amide bonds. The Morgan fingerprint density at radius 2 is 0.829 bits per heavy atom. The van der Waals surface area contributed by atoms with Gasteiger partial charge in [0.25, 0.3) is 0 Å². The van der Waals surface area contributed by atoms with Crippen molar-refractivity contribution >= 4 is 59.3 Å². The fourth-order valence-electron chi connectivity index (χ4n) is 4.12. The summed E-state index contributed by atoms with van der Waals surface area (Å²) in [6, 6.07) is 0. The summed E-state index contributed by atoms with van der Waals surface area (Å²) in [6.45, 7) is 12.5. The number of ether oxygens (including phenoxy) is 3. The van der Waals surface area contributed by atoms with E-state index >= 15 is 0 Å². The maximum Gasteiger partial charge on any atom is 0.345 e. The van der Waals surface area contributed by atoms with Crippen LogP contribution in [0.5, 0.6) is 0 Å². The normalized spacial score (nSPS) is 15.8. The molecule has 0 rings (SSSR count). The molecule has 242 valence electrons. The molecule has 9 nitrogen and oxygen atoms in total. The number of hydrogen-bond donors (Lipinski definition) is 5. The molecule has 0 aliphatic carbocycles. The van der Waals surface area contributed by atoms with Gasteiger partial charge in [-0.1, -0.05) is 99.3 Å². The summed E-state index contributed by atoms with van der Waals surface area (Å²) < 4.78 is 17.9. The third-order valence-electron chi connectivity index (χ3n) is 6.37. The molecule has 13 heteroatoms. The van der Waals surface area contributed by atoms with Crippen LogP contribution in [0, 0.1) is 17.8 Å². The van der Waals surface area contributed by atoms with Crippen LogP contribution in [0.3, 0.4) is 0 Å². The van der Waals surface area contributed by atoms with Crippen LogP contribution >= 0.6 is 41.4 Å². The number of thiol groups is 2. The first-order chi connectivity index (χ1) is 19.1. The van der Waals surface area contributed by atoms with Gasteiger partial charge in [-0.3, -0.25) is 0 Å². The molecule has 0 heterocycles. The lowest BCUT2D eigenvalue weighted by Crippen LogP contribution is -2.48. The van der Waals surface area contributed by atoms with Crippen molar-refractivity contribution in [3.05, 3.63) is 0 Å². The molecule has 0 aliphatic heterocycles.